The summed E-state index contributed by atoms with van der Waals surface area (Å²) in [6.07, 6.45) is 0. The van der Waals surface area contributed by atoms with E-state index in [1.54, 1.807) is 4.68 Å². The molecule has 0 spiro atoms. The van der Waals surface area contributed by atoms with E-state index in [1.807, 2.05) is 27.8 Å². The molecule has 0 aliphatic heterocycles. The molecule has 20 heavy (non-hydrogen) atoms. The van der Waals surface area contributed by atoms with Gasteiger partial charge in [-0.05, 0) is 42.8 Å². The number of aromatic nitrogens is 2. The van der Waals surface area contributed by atoms with Gasteiger partial charge >= 0.3 is 0 Å². The largest absolute Gasteiger partial charge is 0.375 e. The molecule has 0 aliphatic carbocycles. The van der Waals surface area contributed by atoms with E-state index in [0.717, 1.165) is 23.0 Å². The highest BCUT2D eigenvalue weighted by molar-refractivity contribution is 9.10. The minimum Gasteiger partial charge on any atom is -0.375 e. The number of hydrogen-bond acceptors (Lipinski definition) is 2. The molecule has 3 nitrogen and oxygen atoms in total. The first-order valence-corrected chi connectivity index (χ1v) is 7.01. The Morgan fingerprint density at radius 3 is 2.45 bits per heavy atom. The molecule has 6 heteroatoms. The molecule has 1 aromatic heterocycles. The van der Waals surface area contributed by atoms with Crippen LogP contribution in [0, 0.1) is 25.5 Å². The number of aryl methyl sites for hydroxylation is 2. The van der Waals surface area contributed by atoms with Crippen LogP contribution in [-0.4, -0.2) is 9.78 Å². The summed E-state index contributed by atoms with van der Waals surface area (Å²) in [6.45, 7) is 5.80. The molecule has 108 valence electrons. The number of rotatable bonds is 3. The summed E-state index contributed by atoms with van der Waals surface area (Å²) in [5.74, 6) is -1.23. The van der Waals surface area contributed by atoms with Gasteiger partial charge in [-0.3, -0.25) is 4.68 Å². The molecule has 2 rings (SSSR count). The fourth-order valence-electron chi connectivity index (χ4n) is 2.39. The summed E-state index contributed by atoms with van der Waals surface area (Å²) in [6, 6.07) is 1.96. The van der Waals surface area contributed by atoms with Crippen LogP contribution in [0.15, 0.2) is 16.6 Å². The molecule has 1 atom stereocenters. The van der Waals surface area contributed by atoms with Gasteiger partial charge in [-0.25, -0.2) is 8.78 Å². The van der Waals surface area contributed by atoms with E-state index in [9.17, 15) is 8.78 Å². The maximum Gasteiger partial charge on any atom is 0.150 e. The van der Waals surface area contributed by atoms with Crippen LogP contribution in [0.2, 0.25) is 0 Å². The molecule has 0 saturated heterocycles. The molecule has 0 amide bonds. The first kappa shape index (κ1) is 15.0. The summed E-state index contributed by atoms with van der Waals surface area (Å²) in [5.41, 5.74) is 3.18. The van der Waals surface area contributed by atoms with Crippen molar-refractivity contribution in [2.45, 2.75) is 26.8 Å². The van der Waals surface area contributed by atoms with E-state index in [0.29, 0.717) is 4.47 Å². The van der Waals surface area contributed by atoms with E-state index in [4.69, 9.17) is 0 Å². The Hall–Kier alpha value is -1.43. The lowest BCUT2D eigenvalue weighted by molar-refractivity contribution is 0.582. The summed E-state index contributed by atoms with van der Waals surface area (Å²) in [5, 5.41) is 7.42. The van der Waals surface area contributed by atoms with Crippen LogP contribution in [0.4, 0.5) is 14.5 Å². The quantitative estimate of drug-likeness (QED) is 0.902. The second-order valence-electron chi connectivity index (χ2n) is 4.82. The van der Waals surface area contributed by atoms with Gasteiger partial charge < -0.3 is 5.32 Å². The monoisotopic (exact) mass is 343 g/mol. The molecule has 0 bridgehead atoms. The van der Waals surface area contributed by atoms with E-state index in [1.165, 1.54) is 6.07 Å². The van der Waals surface area contributed by atoms with E-state index in [2.05, 4.69) is 26.3 Å². The average molecular weight is 344 g/mol. The topological polar surface area (TPSA) is 29.9 Å². The highest BCUT2D eigenvalue weighted by atomic mass is 79.9. The van der Waals surface area contributed by atoms with Gasteiger partial charge in [0.25, 0.3) is 0 Å². The predicted molar refractivity (Wildman–Crippen MR) is 78.8 cm³/mol. The lowest BCUT2D eigenvalue weighted by atomic mass is 10.1. The third-order valence-corrected chi connectivity index (χ3v) is 3.99. The van der Waals surface area contributed by atoms with Crippen molar-refractivity contribution in [3.05, 3.63) is 45.2 Å². The van der Waals surface area contributed by atoms with E-state index in [-0.39, 0.29) is 11.7 Å². The van der Waals surface area contributed by atoms with Gasteiger partial charge in [0.1, 0.15) is 11.6 Å². The Labute approximate surface area is 125 Å². The molecular formula is C14H16BrF2N3. The number of nitrogens with one attached hydrogen (secondary N) is 1. The smallest absolute Gasteiger partial charge is 0.150 e. The summed E-state index contributed by atoms with van der Waals surface area (Å²) in [7, 11) is 1.87. The maximum absolute atomic E-state index is 13.8. The van der Waals surface area contributed by atoms with Crippen LogP contribution in [-0.2, 0) is 7.05 Å². The van der Waals surface area contributed by atoms with Crippen LogP contribution >= 0.6 is 15.9 Å². The van der Waals surface area contributed by atoms with Gasteiger partial charge in [0, 0.05) is 28.8 Å². The minimum absolute atomic E-state index is 0.139. The summed E-state index contributed by atoms with van der Waals surface area (Å²) < 4.78 is 29.1. The normalized spacial score (nSPS) is 12.6. The maximum atomic E-state index is 13.8. The van der Waals surface area contributed by atoms with Gasteiger partial charge in [-0.1, -0.05) is 0 Å². The second kappa shape index (κ2) is 5.52. The molecular weight excluding hydrogens is 328 g/mol. The highest BCUT2D eigenvalue weighted by Gasteiger charge is 2.19. The van der Waals surface area contributed by atoms with Gasteiger partial charge in [0.2, 0.25) is 0 Å². The van der Waals surface area contributed by atoms with Gasteiger partial charge in [-0.15, -0.1) is 0 Å². The Kier molecular flexibility index (Phi) is 4.13. The van der Waals surface area contributed by atoms with Crippen LogP contribution in [0.3, 0.4) is 0 Å². The highest BCUT2D eigenvalue weighted by Crippen LogP contribution is 2.31. The zero-order chi connectivity index (χ0) is 15.0. The average Bonchev–Trinajstić information content (AvgIpc) is 2.58. The molecule has 1 aromatic carbocycles. The minimum atomic E-state index is -0.622. The van der Waals surface area contributed by atoms with Crippen molar-refractivity contribution >= 4 is 21.6 Å². The predicted octanol–water partition coefficient (Wildman–Crippen LogP) is 4.25. The van der Waals surface area contributed by atoms with Crippen molar-refractivity contribution in [2.24, 2.45) is 7.05 Å². The summed E-state index contributed by atoms with van der Waals surface area (Å²) >= 11 is 3.18. The van der Waals surface area contributed by atoms with Crippen molar-refractivity contribution in [3.63, 3.8) is 0 Å². The zero-order valence-corrected chi connectivity index (χ0v) is 13.3. The van der Waals surface area contributed by atoms with E-state index >= 15 is 0 Å². The molecule has 0 fully saturated rings. The fourth-order valence-corrected chi connectivity index (χ4v) is 2.91. The molecule has 1 unspecified atom stereocenters. The Morgan fingerprint density at radius 2 is 1.95 bits per heavy atom. The van der Waals surface area contributed by atoms with Crippen molar-refractivity contribution in [3.8, 4) is 0 Å². The number of nitrogens with zero attached hydrogens (tertiary/aromatic N) is 2. The third kappa shape index (κ3) is 2.70. The van der Waals surface area contributed by atoms with Crippen LogP contribution < -0.4 is 5.32 Å². The first-order chi connectivity index (χ1) is 9.31. The number of anilines is 1. The second-order valence-corrected chi connectivity index (χ2v) is 5.67. The van der Waals surface area contributed by atoms with Gasteiger partial charge in [-0.2, -0.15) is 5.10 Å². The van der Waals surface area contributed by atoms with Crippen molar-refractivity contribution < 1.29 is 8.78 Å². The molecule has 0 saturated carbocycles. The number of benzene rings is 1. The lowest BCUT2D eigenvalue weighted by Crippen LogP contribution is -2.11. The van der Waals surface area contributed by atoms with Gasteiger partial charge in [0.15, 0.2) is 0 Å². The standard InChI is InChI=1S/C14H16BrF2N3/c1-7(13-8(2)19-20(4)9(13)3)18-14-11(15)5-10(16)6-12(14)17/h5-7,18H,1-4H3. The summed E-state index contributed by atoms with van der Waals surface area (Å²) in [4.78, 5) is 0. The molecule has 1 N–H and O–H groups in total. The number of halogens is 3. The first-order valence-electron chi connectivity index (χ1n) is 6.22. The Morgan fingerprint density at radius 1 is 1.30 bits per heavy atom. The Balaban J connectivity index is 2.35. The molecule has 2 aromatic rings. The molecule has 0 radical (unpaired) electrons. The van der Waals surface area contributed by atoms with Crippen molar-refractivity contribution in [1.29, 1.82) is 0 Å². The molecule has 0 aliphatic rings. The SMILES string of the molecule is Cc1nn(C)c(C)c1C(C)Nc1c(F)cc(F)cc1Br. The lowest BCUT2D eigenvalue weighted by Gasteiger charge is -2.18. The number of hydrogen-bond donors (Lipinski definition) is 1. The van der Waals surface area contributed by atoms with E-state index < -0.39 is 11.6 Å². The van der Waals surface area contributed by atoms with Crippen LogP contribution in [0.1, 0.15) is 29.9 Å². The Bertz CT molecular complexity index is 629. The van der Waals surface area contributed by atoms with Gasteiger partial charge in [0.05, 0.1) is 17.4 Å². The zero-order valence-electron chi connectivity index (χ0n) is 11.8. The van der Waals surface area contributed by atoms with Crippen LogP contribution in [0.25, 0.3) is 0 Å². The third-order valence-electron chi connectivity index (χ3n) is 3.37. The fraction of sp³-hybridized carbons (Fsp3) is 0.357. The van der Waals surface area contributed by atoms with Crippen molar-refractivity contribution in [2.75, 3.05) is 5.32 Å². The van der Waals surface area contributed by atoms with Crippen LogP contribution in [0.5, 0.6) is 0 Å². The van der Waals surface area contributed by atoms with Crippen molar-refractivity contribution in [1.82, 2.24) is 9.78 Å². The molecule has 1 heterocycles.